The van der Waals surface area contributed by atoms with E-state index in [1.807, 2.05) is 0 Å². The van der Waals surface area contributed by atoms with E-state index in [2.05, 4.69) is 6.92 Å². The zero-order valence-electron chi connectivity index (χ0n) is 11.8. The van der Waals surface area contributed by atoms with Crippen molar-refractivity contribution < 1.29 is 22.7 Å². The van der Waals surface area contributed by atoms with Crippen LogP contribution in [0.3, 0.4) is 0 Å². The molecule has 0 saturated heterocycles. The number of furan rings is 1. The predicted molar refractivity (Wildman–Crippen MR) is 74.4 cm³/mol. The molecule has 1 aromatic heterocycles. The summed E-state index contributed by atoms with van der Waals surface area (Å²) in [5, 5.41) is 8.55. The van der Waals surface area contributed by atoms with Crippen LogP contribution in [0.25, 0.3) is 0 Å². The fourth-order valence-corrected chi connectivity index (χ4v) is 4.91. The van der Waals surface area contributed by atoms with Crippen molar-refractivity contribution in [3.8, 4) is 0 Å². The summed E-state index contributed by atoms with van der Waals surface area (Å²) in [6.45, 7) is 3.67. The van der Waals surface area contributed by atoms with Crippen molar-refractivity contribution in [1.82, 2.24) is 0 Å². The first-order chi connectivity index (χ1) is 9.29. The molecule has 1 aliphatic carbocycles. The van der Waals surface area contributed by atoms with Crippen LogP contribution in [0.5, 0.6) is 0 Å². The van der Waals surface area contributed by atoms with Gasteiger partial charge in [-0.05, 0) is 31.7 Å². The van der Waals surface area contributed by atoms with E-state index < -0.39 is 15.8 Å². The Bertz CT molecular complexity index is 599. The Morgan fingerprint density at radius 3 is 2.70 bits per heavy atom. The maximum atomic E-state index is 12.4. The van der Waals surface area contributed by atoms with Crippen molar-refractivity contribution in [2.45, 2.75) is 50.5 Å². The number of sulfone groups is 1. The van der Waals surface area contributed by atoms with Crippen LogP contribution in [0.2, 0.25) is 0 Å². The summed E-state index contributed by atoms with van der Waals surface area (Å²) in [4.78, 5) is 10.8. The molecule has 0 aliphatic heterocycles. The van der Waals surface area contributed by atoms with Crippen molar-refractivity contribution in [2.75, 3.05) is 0 Å². The SMILES string of the molecule is Cc1oc(C(=O)O)cc1CS(=O)(=O)C1CCCC(C)C1. The number of hydrogen-bond donors (Lipinski definition) is 1. The van der Waals surface area contributed by atoms with E-state index in [0.717, 1.165) is 12.8 Å². The first-order valence-corrected chi connectivity index (χ1v) is 8.55. The third-order valence-electron chi connectivity index (χ3n) is 3.98. The molecule has 1 aliphatic rings. The van der Waals surface area contributed by atoms with E-state index in [0.29, 0.717) is 30.1 Å². The highest BCUT2D eigenvalue weighted by molar-refractivity contribution is 7.91. The third kappa shape index (κ3) is 3.23. The number of carboxylic acid groups (broad SMARTS) is 1. The van der Waals surface area contributed by atoms with Crippen LogP contribution < -0.4 is 0 Å². The highest BCUT2D eigenvalue weighted by atomic mass is 32.2. The Hall–Kier alpha value is -1.30. The lowest BCUT2D eigenvalue weighted by molar-refractivity contribution is 0.0661. The third-order valence-corrected chi connectivity index (χ3v) is 6.14. The van der Waals surface area contributed by atoms with Gasteiger partial charge in [0, 0.05) is 5.56 Å². The fraction of sp³-hybridized carbons (Fsp3) is 0.643. The number of aromatic carboxylic acids is 1. The van der Waals surface area contributed by atoms with Crippen LogP contribution in [0, 0.1) is 12.8 Å². The van der Waals surface area contributed by atoms with Gasteiger partial charge in [0.05, 0.1) is 11.0 Å². The summed E-state index contributed by atoms with van der Waals surface area (Å²) >= 11 is 0. The minimum atomic E-state index is -3.26. The van der Waals surface area contributed by atoms with E-state index in [1.165, 1.54) is 6.07 Å². The van der Waals surface area contributed by atoms with Gasteiger partial charge >= 0.3 is 5.97 Å². The van der Waals surface area contributed by atoms with Gasteiger partial charge in [-0.1, -0.05) is 19.8 Å². The fourth-order valence-electron chi connectivity index (χ4n) is 2.81. The first kappa shape index (κ1) is 15.1. The minimum absolute atomic E-state index is 0.132. The van der Waals surface area contributed by atoms with E-state index in [9.17, 15) is 13.2 Å². The van der Waals surface area contributed by atoms with E-state index >= 15 is 0 Å². The number of rotatable bonds is 4. The molecule has 20 heavy (non-hydrogen) atoms. The largest absolute Gasteiger partial charge is 0.475 e. The van der Waals surface area contributed by atoms with Gasteiger partial charge in [-0.2, -0.15) is 0 Å². The zero-order valence-corrected chi connectivity index (χ0v) is 12.6. The van der Waals surface area contributed by atoms with Crippen LogP contribution in [-0.2, 0) is 15.6 Å². The molecule has 1 saturated carbocycles. The van der Waals surface area contributed by atoms with Gasteiger partial charge in [-0.3, -0.25) is 0 Å². The first-order valence-electron chi connectivity index (χ1n) is 6.83. The molecule has 0 bridgehead atoms. The smallest absolute Gasteiger partial charge is 0.371 e. The Morgan fingerprint density at radius 1 is 1.45 bits per heavy atom. The van der Waals surface area contributed by atoms with Crippen molar-refractivity contribution in [2.24, 2.45) is 5.92 Å². The normalized spacial score (nSPS) is 23.7. The lowest BCUT2D eigenvalue weighted by Gasteiger charge is -2.26. The Morgan fingerprint density at radius 2 is 2.15 bits per heavy atom. The van der Waals surface area contributed by atoms with Crippen LogP contribution in [-0.4, -0.2) is 24.7 Å². The second-order valence-corrected chi connectivity index (χ2v) is 7.98. The quantitative estimate of drug-likeness (QED) is 0.924. The van der Waals surface area contributed by atoms with Gasteiger partial charge in [0.25, 0.3) is 0 Å². The van der Waals surface area contributed by atoms with Crippen LogP contribution in [0.1, 0.15) is 54.5 Å². The summed E-state index contributed by atoms with van der Waals surface area (Å²) in [5.41, 5.74) is 0.459. The van der Waals surface area contributed by atoms with E-state index in [-0.39, 0.29) is 16.8 Å². The summed E-state index contributed by atoms with van der Waals surface area (Å²) in [6.07, 6.45) is 3.43. The average Bonchev–Trinajstić information content (AvgIpc) is 2.70. The van der Waals surface area contributed by atoms with Gasteiger partial charge in [-0.25, -0.2) is 13.2 Å². The van der Waals surface area contributed by atoms with Gasteiger partial charge in [0.2, 0.25) is 5.76 Å². The summed E-state index contributed by atoms with van der Waals surface area (Å²) in [5.74, 6) is -0.710. The molecule has 0 amide bonds. The molecule has 2 rings (SSSR count). The van der Waals surface area contributed by atoms with Crippen LogP contribution in [0.4, 0.5) is 0 Å². The molecule has 112 valence electrons. The monoisotopic (exact) mass is 300 g/mol. The molecule has 5 nitrogen and oxygen atoms in total. The number of carboxylic acids is 1. The van der Waals surface area contributed by atoms with Crippen LogP contribution in [0.15, 0.2) is 10.5 Å². The molecule has 0 radical (unpaired) electrons. The average molecular weight is 300 g/mol. The molecule has 2 atom stereocenters. The molecule has 1 N–H and O–H groups in total. The number of aryl methyl sites for hydroxylation is 1. The van der Waals surface area contributed by atoms with Gasteiger partial charge < -0.3 is 9.52 Å². The molecule has 1 fully saturated rings. The van der Waals surface area contributed by atoms with Crippen LogP contribution >= 0.6 is 0 Å². The lowest BCUT2D eigenvalue weighted by atomic mass is 9.91. The van der Waals surface area contributed by atoms with Crippen molar-refractivity contribution in [3.63, 3.8) is 0 Å². The molecule has 0 spiro atoms. The predicted octanol–water partition coefficient (Wildman–Crippen LogP) is 2.78. The maximum absolute atomic E-state index is 12.4. The molecule has 6 heteroatoms. The van der Waals surface area contributed by atoms with Gasteiger partial charge in [0.15, 0.2) is 9.84 Å². The summed E-state index contributed by atoms with van der Waals surface area (Å²) in [6, 6.07) is 1.32. The maximum Gasteiger partial charge on any atom is 0.371 e. The highest BCUT2D eigenvalue weighted by Crippen LogP contribution is 2.30. The van der Waals surface area contributed by atoms with Crippen molar-refractivity contribution >= 4 is 15.8 Å². The van der Waals surface area contributed by atoms with Crippen molar-refractivity contribution in [3.05, 3.63) is 23.2 Å². The Balaban J connectivity index is 2.17. The second kappa shape index (κ2) is 5.60. The number of hydrogen-bond acceptors (Lipinski definition) is 4. The highest BCUT2D eigenvalue weighted by Gasteiger charge is 2.31. The molecule has 2 unspecified atom stereocenters. The topological polar surface area (TPSA) is 84.6 Å². The Kier molecular flexibility index (Phi) is 4.22. The molecule has 1 heterocycles. The zero-order chi connectivity index (χ0) is 14.9. The standard InChI is InChI=1S/C14H20O5S/c1-9-4-3-5-12(6-9)20(17,18)8-11-7-13(14(15)16)19-10(11)2/h7,9,12H,3-6,8H2,1-2H3,(H,15,16). The minimum Gasteiger partial charge on any atom is -0.475 e. The van der Waals surface area contributed by atoms with Gasteiger partial charge in [-0.15, -0.1) is 0 Å². The van der Waals surface area contributed by atoms with Crippen molar-refractivity contribution in [1.29, 1.82) is 0 Å². The Labute approximate surface area is 118 Å². The van der Waals surface area contributed by atoms with E-state index in [4.69, 9.17) is 9.52 Å². The molecular weight excluding hydrogens is 280 g/mol. The summed E-state index contributed by atoms with van der Waals surface area (Å²) < 4.78 is 30.0. The summed E-state index contributed by atoms with van der Waals surface area (Å²) in [7, 11) is -3.26. The second-order valence-electron chi connectivity index (χ2n) is 5.70. The van der Waals surface area contributed by atoms with E-state index in [1.54, 1.807) is 6.92 Å². The van der Waals surface area contributed by atoms with Gasteiger partial charge in [0.1, 0.15) is 5.76 Å². The lowest BCUT2D eigenvalue weighted by Crippen LogP contribution is -2.28. The molecule has 1 aromatic rings. The molecule has 0 aromatic carbocycles. The number of carbonyl (C=O) groups is 1. The molecular formula is C14H20O5S.